The maximum Gasteiger partial charge on any atom is 0.236 e. The van der Waals surface area contributed by atoms with Gasteiger partial charge in [-0.25, -0.2) is 0 Å². The summed E-state index contributed by atoms with van der Waals surface area (Å²) in [5.74, 6) is 1.07. The summed E-state index contributed by atoms with van der Waals surface area (Å²) in [7, 11) is 1.89. The van der Waals surface area contributed by atoms with Crippen LogP contribution in [0.2, 0.25) is 0 Å². The minimum Gasteiger partial charge on any atom is -0.345 e. The van der Waals surface area contributed by atoms with E-state index in [1.807, 2.05) is 11.9 Å². The van der Waals surface area contributed by atoms with Gasteiger partial charge in [0, 0.05) is 13.6 Å². The van der Waals surface area contributed by atoms with Crippen molar-refractivity contribution in [3.63, 3.8) is 0 Å². The van der Waals surface area contributed by atoms with Gasteiger partial charge in [0.1, 0.15) is 0 Å². The Bertz CT molecular complexity index is 178. The zero-order chi connectivity index (χ0) is 10.4. The van der Waals surface area contributed by atoms with Crippen molar-refractivity contribution in [1.82, 2.24) is 10.2 Å². The average molecular weight is 198 g/mol. The highest BCUT2D eigenvalue weighted by atomic mass is 16.2. The minimum atomic E-state index is 0.221. The van der Waals surface area contributed by atoms with Crippen LogP contribution in [0.25, 0.3) is 0 Å². The Balaban J connectivity index is 2.00. The van der Waals surface area contributed by atoms with Gasteiger partial charge in [0.15, 0.2) is 0 Å². The van der Waals surface area contributed by atoms with E-state index in [0.29, 0.717) is 6.54 Å². The molecule has 0 aromatic rings. The van der Waals surface area contributed by atoms with E-state index < -0.39 is 0 Å². The van der Waals surface area contributed by atoms with Gasteiger partial charge >= 0.3 is 0 Å². The lowest BCUT2D eigenvalue weighted by molar-refractivity contribution is -0.129. The molecule has 0 spiro atoms. The summed E-state index contributed by atoms with van der Waals surface area (Å²) in [4.78, 5) is 13.3. The van der Waals surface area contributed by atoms with Crippen LogP contribution in [0.15, 0.2) is 0 Å². The van der Waals surface area contributed by atoms with Crippen LogP contribution >= 0.6 is 0 Å². The highest BCUT2D eigenvalue weighted by Gasteiger charge is 2.20. The van der Waals surface area contributed by atoms with Gasteiger partial charge in [-0.2, -0.15) is 0 Å². The van der Waals surface area contributed by atoms with Crippen molar-refractivity contribution >= 4 is 5.91 Å². The number of hydrogen-bond acceptors (Lipinski definition) is 2. The summed E-state index contributed by atoms with van der Waals surface area (Å²) in [5, 5.41) is 3.21. The molecule has 14 heavy (non-hydrogen) atoms. The molecule has 1 rings (SSSR count). The van der Waals surface area contributed by atoms with E-state index in [1.165, 1.54) is 12.8 Å². The largest absolute Gasteiger partial charge is 0.345 e. The van der Waals surface area contributed by atoms with Crippen molar-refractivity contribution in [3.8, 4) is 0 Å². The first-order valence-electron chi connectivity index (χ1n) is 5.68. The molecule has 1 aliphatic carbocycles. The fraction of sp³-hybridized carbons (Fsp3) is 0.909. The van der Waals surface area contributed by atoms with Crippen LogP contribution in [0.1, 0.15) is 32.6 Å². The summed E-state index contributed by atoms with van der Waals surface area (Å²) in [6, 6.07) is 0. The van der Waals surface area contributed by atoms with E-state index >= 15 is 0 Å². The van der Waals surface area contributed by atoms with Gasteiger partial charge < -0.3 is 10.2 Å². The second-order valence-electron chi connectivity index (χ2n) is 4.24. The van der Waals surface area contributed by atoms with Crippen LogP contribution in [0, 0.1) is 5.92 Å². The molecule has 82 valence electrons. The molecule has 3 heteroatoms. The quantitative estimate of drug-likeness (QED) is 0.667. The topological polar surface area (TPSA) is 32.3 Å². The Morgan fingerprint density at radius 3 is 2.79 bits per heavy atom. The van der Waals surface area contributed by atoms with Crippen LogP contribution in [0.5, 0.6) is 0 Å². The van der Waals surface area contributed by atoms with Crippen LogP contribution in [0.3, 0.4) is 0 Å². The molecule has 0 aliphatic heterocycles. The standard InChI is InChI=1S/C11H22N2O/c1-3-4-7-13(2)11(14)9-12-8-10-5-6-10/h10,12H,3-9H2,1-2H3. The Morgan fingerprint density at radius 2 is 2.21 bits per heavy atom. The van der Waals surface area contributed by atoms with Crippen molar-refractivity contribution < 1.29 is 4.79 Å². The van der Waals surface area contributed by atoms with E-state index in [-0.39, 0.29) is 5.91 Å². The predicted molar refractivity (Wildman–Crippen MR) is 58.1 cm³/mol. The summed E-state index contributed by atoms with van der Waals surface area (Å²) in [6.07, 6.45) is 4.93. The van der Waals surface area contributed by atoms with Gasteiger partial charge in [-0.05, 0) is 31.7 Å². The summed E-state index contributed by atoms with van der Waals surface area (Å²) >= 11 is 0. The molecule has 1 fully saturated rings. The Kier molecular flexibility index (Phi) is 4.94. The Labute approximate surface area is 86.9 Å². The fourth-order valence-corrected chi connectivity index (χ4v) is 1.36. The number of likely N-dealkylation sites (N-methyl/N-ethyl adjacent to an activating group) is 1. The number of rotatable bonds is 7. The molecule has 0 aromatic heterocycles. The fourth-order valence-electron chi connectivity index (χ4n) is 1.36. The molecule has 1 amide bonds. The van der Waals surface area contributed by atoms with Crippen molar-refractivity contribution in [3.05, 3.63) is 0 Å². The summed E-state index contributed by atoms with van der Waals surface area (Å²) in [5.41, 5.74) is 0. The van der Waals surface area contributed by atoms with Crippen molar-refractivity contribution in [2.24, 2.45) is 5.92 Å². The van der Waals surface area contributed by atoms with E-state index in [9.17, 15) is 4.79 Å². The Hall–Kier alpha value is -0.570. The number of unbranched alkanes of at least 4 members (excludes halogenated alkanes) is 1. The minimum absolute atomic E-state index is 0.221. The highest BCUT2D eigenvalue weighted by Crippen LogP contribution is 2.27. The van der Waals surface area contributed by atoms with Crippen LogP contribution in [-0.2, 0) is 4.79 Å². The molecular formula is C11H22N2O. The van der Waals surface area contributed by atoms with Crippen molar-refractivity contribution in [1.29, 1.82) is 0 Å². The molecule has 1 aliphatic rings. The van der Waals surface area contributed by atoms with Crippen LogP contribution in [0.4, 0.5) is 0 Å². The molecular weight excluding hydrogens is 176 g/mol. The molecule has 3 nitrogen and oxygen atoms in total. The van der Waals surface area contributed by atoms with Crippen LogP contribution in [-0.4, -0.2) is 37.5 Å². The molecule has 0 radical (unpaired) electrons. The van der Waals surface area contributed by atoms with E-state index in [2.05, 4.69) is 12.2 Å². The number of carbonyl (C=O) groups is 1. The van der Waals surface area contributed by atoms with Gasteiger partial charge in [0.2, 0.25) is 5.91 Å². The smallest absolute Gasteiger partial charge is 0.236 e. The number of nitrogens with one attached hydrogen (secondary N) is 1. The van der Waals surface area contributed by atoms with Crippen LogP contribution < -0.4 is 5.32 Å². The van der Waals surface area contributed by atoms with Gasteiger partial charge in [-0.1, -0.05) is 13.3 Å². The second kappa shape index (κ2) is 6.02. The molecule has 0 aromatic carbocycles. The third kappa shape index (κ3) is 4.61. The first-order valence-corrected chi connectivity index (χ1v) is 5.68. The highest BCUT2D eigenvalue weighted by molar-refractivity contribution is 5.77. The van der Waals surface area contributed by atoms with Gasteiger partial charge in [-0.15, -0.1) is 0 Å². The maximum atomic E-state index is 11.5. The maximum absolute atomic E-state index is 11.5. The Morgan fingerprint density at radius 1 is 1.50 bits per heavy atom. The second-order valence-corrected chi connectivity index (χ2v) is 4.24. The average Bonchev–Trinajstić information content (AvgIpc) is 2.97. The molecule has 1 N–H and O–H groups in total. The number of hydrogen-bond donors (Lipinski definition) is 1. The zero-order valence-electron chi connectivity index (χ0n) is 9.38. The molecule has 0 saturated heterocycles. The predicted octanol–water partition coefficient (Wildman–Crippen LogP) is 1.24. The molecule has 0 unspecified atom stereocenters. The third-order valence-electron chi connectivity index (χ3n) is 2.68. The van der Waals surface area contributed by atoms with E-state index in [1.54, 1.807) is 0 Å². The van der Waals surface area contributed by atoms with Gasteiger partial charge in [0.25, 0.3) is 0 Å². The lowest BCUT2D eigenvalue weighted by atomic mass is 10.3. The molecule has 0 heterocycles. The number of amides is 1. The summed E-state index contributed by atoms with van der Waals surface area (Å²) < 4.78 is 0. The molecule has 1 saturated carbocycles. The molecule has 0 bridgehead atoms. The van der Waals surface area contributed by atoms with Gasteiger partial charge in [-0.3, -0.25) is 4.79 Å². The molecule has 0 atom stereocenters. The van der Waals surface area contributed by atoms with E-state index in [4.69, 9.17) is 0 Å². The monoisotopic (exact) mass is 198 g/mol. The lowest BCUT2D eigenvalue weighted by Crippen LogP contribution is -2.36. The lowest BCUT2D eigenvalue weighted by Gasteiger charge is -2.16. The van der Waals surface area contributed by atoms with Crippen molar-refractivity contribution in [2.75, 3.05) is 26.7 Å². The van der Waals surface area contributed by atoms with Gasteiger partial charge in [0.05, 0.1) is 6.54 Å². The number of nitrogens with zero attached hydrogens (tertiary/aromatic N) is 1. The SMILES string of the molecule is CCCCN(C)C(=O)CNCC1CC1. The summed E-state index contributed by atoms with van der Waals surface area (Å²) in [6.45, 7) is 4.56. The first-order chi connectivity index (χ1) is 6.74. The number of carbonyl (C=O) groups excluding carboxylic acids is 1. The van der Waals surface area contributed by atoms with Crippen molar-refractivity contribution in [2.45, 2.75) is 32.6 Å². The third-order valence-corrected chi connectivity index (χ3v) is 2.68. The van der Waals surface area contributed by atoms with E-state index in [0.717, 1.165) is 31.8 Å². The zero-order valence-corrected chi connectivity index (χ0v) is 9.38. The first kappa shape index (κ1) is 11.5. The normalized spacial score (nSPS) is 15.6.